The van der Waals surface area contributed by atoms with Crippen molar-refractivity contribution in [1.82, 2.24) is 9.80 Å². The molecule has 1 unspecified atom stereocenters. The highest BCUT2D eigenvalue weighted by atomic mass is 32.1. The van der Waals surface area contributed by atoms with Crippen LogP contribution in [0.2, 0.25) is 0 Å². The van der Waals surface area contributed by atoms with Gasteiger partial charge in [0.15, 0.2) is 5.11 Å². The molecule has 5 rings (SSSR count). The van der Waals surface area contributed by atoms with Gasteiger partial charge in [0.1, 0.15) is 11.8 Å². The largest absolute Gasteiger partial charge is 0.494 e. The summed E-state index contributed by atoms with van der Waals surface area (Å²) in [5.74, 6) is -0.271. The number of carbonyl (C=O) groups is 3. The number of nitrogens with zero attached hydrogens (tertiary/aromatic N) is 4. The second kappa shape index (κ2) is 15.7. The Morgan fingerprint density at radius 2 is 1.54 bits per heavy atom. The van der Waals surface area contributed by atoms with Crippen LogP contribution in [0.1, 0.15) is 37.0 Å². The fraction of sp³-hybridized carbons (Fsp3) is 0.371. The highest BCUT2D eigenvalue weighted by Gasteiger charge is 2.44. The number of amides is 2. The Balaban J connectivity index is 1.25. The molecule has 10 nitrogen and oxygen atoms in total. The van der Waals surface area contributed by atoms with Gasteiger partial charge < -0.3 is 24.6 Å². The molecule has 2 fully saturated rings. The molecule has 0 bridgehead atoms. The number of benzene rings is 3. The van der Waals surface area contributed by atoms with E-state index < -0.39 is 12.0 Å². The van der Waals surface area contributed by atoms with Crippen LogP contribution in [0.5, 0.6) is 5.75 Å². The van der Waals surface area contributed by atoms with E-state index in [0.717, 1.165) is 39.1 Å². The van der Waals surface area contributed by atoms with Crippen molar-refractivity contribution in [1.29, 1.82) is 0 Å². The van der Waals surface area contributed by atoms with Gasteiger partial charge in [-0.2, -0.15) is 0 Å². The van der Waals surface area contributed by atoms with Gasteiger partial charge in [0.2, 0.25) is 5.91 Å². The Hall–Kier alpha value is -4.48. The first-order valence-electron chi connectivity index (χ1n) is 15.8. The van der Waals surface area contributed by atoms with Crippen molar-refractivity contribution < 1.29 is 23.9 Å². The predicted molar refractivity (Wildman–Crippen MR) is 184 cm³/mol. The molecule has 2 saturated heterocycles. The molecule has 2 aliphatic rings. The first-order valence-corrected chi connectivity index (χ1v) is 16.3. The van der Waals surface area contributed by atoms with Crippen LogP contribution in [0, 0.1) is 0 Å². The second-order valence-corrected chi connectivity index (χ2v) is 11.5. The van der Waals surface area contributed by atoms with Gasteiger partial charge in [-0.15, -0.1) is 0 Å². The van der Waals surface area contributed by atoms with E-state index in [1.54, 1.807) is 55.5 Å². The molecule has 0 aliphatic carbocycles. The van der Waals surface area contributed by atoms with E-state index in [0.29, 0.717) is 41.0 Å². The van der Waals surface area contributed by atoms with Crippen molar-refractivity contribution in [2.75, 3.05) is 67.6 Å². The quantitative estimate of drug-likeness (QED) is 0.208. The average molecular weight is 644 g/mol. The lowest BCUT2D eigenvalue weighted by atomic mass is 10.1. The van der Waals surface area contributed by atoms with E-state index in [9.17, 15) is 14.4 Å². The van der Waals surface area contributed by atoms with Gasteiger partial charge in [0.05, 0.1) is 30.9 Å². The van der Waals surface area contributed by atoms with E-state index in [1.807, 2.05) is 17.9 Å². The molecule has 1 atom stereocenters. The summed E-state index contributed by atoms with van der Waals surface area (Å²) in [4.78, 5) is 47.4. The SMILES string of the molecule is CCOC(=O)c1ccc(N2C(=O)C(CC(=O)Nc3ccc(OCC)cc3)N(CCCN3CCN(c4ccccc4)CC3)C2=S)cc1. The van der Waals surface area contributed by atoms with Crippen molar-refractivity contribution in [2.45, 2.75) is 32.7 Å². The first-order chi connectivity index (χ1) is 22.4. The number of piperazine rings is 1. The smallest absolute Gasteiger partial charge is 0.338 e. The van der Waals surface area contributed by atoms with Gasteiger partial charge in [-0.25, -0.2) is 4.79 Å². The highest BCUT2D eigenvalue weighted by molar-refractivity contribution is 7.80. The van der Waals surface area contributed by atoms with E-state index in [2.05, 4.69) is 39.4 Å². The van der Waals surface area contributed by atoms with Crippen molar-refractivity contribution in [3.63, 3.8) is 0 Å². The molecule has 0 spiro atoms. The lowest BCUT2D eigenvalue weighted by Gasteiger charge is -2.36. The molecule has 2 aliphatic heterocycles. The Labute approximate surface area is 275 Å². The third-order valence-corrected chi connectivity index (χ3v) is 8.57. The minimum atomic E-state index is -0.755. The molecule has 2 amide bonds. The minimum absolute atomic E-state index is 0.0562. The van der Waals surface area contributed by atoms with Gasteiger partial charge in [-0.05, 0) is 99.7 Å². The zero-order valence-corrected chi connectivity index (χ0v) is 27.2. The van der Waals surface area contributed by atoms with E-state index >= 15 is 0 Å². The highest BCUT2D eigenvalue weighted by Crippen LogP contribution is 2.28. The normalized spacial score (nSPS) is 16.9. The number of hydrogen-bond acceptors (Lipinski definition) is 8. The summed E-state index contributed by atoms with van der Waals surface area (Å²) in [5, 5.41) is 3.26. The fourth-order valence-corrected chi connectivity index (χ4v) is 6.22. The topological polar surface area (TPSA) is 94.7 Å². The molecule has 3 aromatic carbocycles. The Kier molecular flexibility index (Phi) is 11.2. The lowest BCUT2D eigenvalue weighted by Crippen LogP contribution is -2.47. The molecular formula is C35H41N5O5S. The van der Waals surface area contributed by atoms with Gasteiger partial charge in [-0.3, -0.25) is 19.4 Å². The first kappa shape index (κ1) is 32.9. The van der Waals surface area contributed by atoms with Gasteiger partial charge in [-0.1, -0.05) is 18.2 Å². The van der Waals surface area contributed by atoms with Crippen LogP contribution in [-0.2, 0) is 14.3 Å². The molecule has 46 heavy (non-hydrogen) atoms. The summed E-state index contributed by atoms with van der Waals surface area (Å²) < 4.78 is 10.6. The standard InChI is InChI=1S/C35H41N5O5S/c1-3-44-30-17-13-27(14-18-30)36-32(41)25-31-33(42)40(29-15-11-26(12-16-29)34(43)45-4-2)35(46)39(31)20-8-19-37-21-23-38(24-22-37)28-9-6-5-7-10-28/h5-7,9-18,31H,3-4,8,19-25H2,1-2H3,(H,36,41). The third kappa shape index (κ3) is 8.02. The maximum absolute atomic E-state index is 13.9. The number of rotatable bonds is 13. The fourth-order valence-electron chi connectivity index (χ4n) is 5.81. The van der Waals surface area contributed by atoms with Crippen molar-refractivity contribution >= 4 is 52.2 Å². The minimum Gasteiger partial charge on any atom is -0.494 e. The average Bonchev–Trinajstić information content (AvgIpc) is 3.30. The zero-order chi connectivity index (χ0) is 32.5. The van der Waals surface area contributed by atoms with Crippen LogP contribution in [0.25, 0.3) is 0 Å². The van der Waals surface area contributed by atoms with Gasteiger partial charge >= 0.3 is 5.97 Å². The number of ether oxygens (including phenoxy) is 2. The van der Waals surface area contributed by atoms with Crippen LogP contribution >= 0.6 is 12.2 Å². The van der Waals surface area contributed by atoms with Crippen LogP contribution in [-0.4, -0.2) is 91.2 Å². The second-order valence-electron chi connectivity index (χ2n) is 11.2. The van der Waals surface area contributed by atoms with Crippen LogP contribution < -0.4 is 19.9 Å². The van der Waals surface area contributed by atoms with Crippen LogP contribution in [0.3, 0.4) is 0 Å². The van der Waals surface area contributed by atoms with E-state index in [4.69, 9.17) is 21.7 Å². The molecule has 3 aromatic rings. The molecule has 0 aromatic heterocycles. The van der Waals surface area contributed by atoms with Crippen molar-refractivity contribution in [3.8, 4) is 5.75 Å². The maximum Gasteiger partial charge on any atom is 0.338 e. The number of carbonyl (C=O) groups excluding carboxylic acids is 3. The molecule has 242 valence electrons. The number of anilines is 3. The van der Waals surface area contributed by atoms with Crippen molar-refractivity contribution in [2.24, 2.45) is 0 Å². The molecule has 0 saturated carbocycles. The lowest BCUT2D eigenvalue weighted by molar-refractivity contribution is -0.124. The van der Waals surface area contributed by atoms with Gasteiger partial charge in [0.25, 0.3) is 5.91 Å². The monoisotopic (exact) mass is 643 g/mol. The Morgan fingerprint density at radius 3 is 2.20 bits per heavy atom. The number of hydrogen-bond donors (Lipinski definition) is 1. The van der Waals surface area contributed by atoms with Crippen molar-refractivity contribution in [3.05, 3.63) is 84.4 Å². The zero-order valence-electron chi connectivity index (χ0n) is 26.4. The predicted octanol–water partition coefficient (Wildman–Crippen LogP) is 4.81. The molecule has 1 N–H and O–H groups in total. The Morgan fingerprint density at radius 1 is 0.848 bits per heavy atom. The summed E-state index contributed by atoms with van der Waals surface area (Å²) in [7, 11) is 0. The van der Waals surface area contributed by atoms with Crippen LogP contribution in [0.4, 0.5) is 17.1 Å². The molecule has 11 heteroatoms. The Bertz CT molecular complexity index is 1490. The molecule has 2 heterocycles. The molecular weight excluding hydrogens is 602 g/mol. The number of para-hydroxylation sites is 1. The number of nitrogens with one attached hydrogen (secondary N) is 1. The summed E-state index contributed by atoms with van der Waals surface area (Å²) in [6.07, 6.45) is 0.727. The van der Waals surface area contributed by atoms with Gasteiger partial charge in [0, 0.05) is 44.1 Å². The van der Waals surface area contributed by atoms with E-state index in [-0.39, 0.29) is 24.8 Å². The van der Waals surface area contributed by atoms with E-state index in [1.165, 1.54) is 10.6 Å². The summed E-state index contributed by atoms with van der Waals surface area (Å²) >= 11 is 5.86. The summed E-state index contributed by atoms with van der Waals surface area (Å²) in [5.41, 5.74) is 2.79. The molecule has 0 radical (unpaired) electrons. The van der Waals surface area contributed by atoms with Crippen LogP contribution in [0.15, 0.2) is 78.9 Å². The summed E-state index contributed by atoms with van der Waals surface area (Å²) in [6.45, 7) is 9.68. The number of esters is 1. The number of thiocarbonyl (C=S) groups is 1. The maximum atomic E-state index is 13.9. The third-order valence-electron chi connectivity index (χ3n) is 8.15. The summed E-state index contributed by atoms with van der Waals surface area (Å²) in [6, 6.07) is 23.4.